The lowest BCUT2D eigenvalue weighted by Crippen LogP contribution is -2.28. The molecular formula is C11H21N5. The molecule has 0 saturated heterocycles. The van der Waals surface area contributed by atoms with E-state index in [-0.39, 0.29) is 5.41 Å². The molecular weight excluding hydrogens is 202 g/mol. The number of anilines is 2. The Balaban J connectivity index is 2.60. The Hall–Kier alpha value is -1.36. The maximum Gasteiger partial charge on any atom is 0.239 e. The van der Waals surface area contributed by atoms with Gasteiger partial charge in [-0.05, 0) is 17.4 Å². The molecule has 5 nitrogen and oxygen atoms in total. The molecule has 1 rings (SSSR count). The second kappa shape index (κ2) is 5.12. The number of rotatable bonds is 5. The molecule has 0 amide bonds. The topological polar surface area (TPSA) is 75.9 Å². The van der Waals surface area contributed by atoms with E-state index in [1.54, 1.807) is 6.20 Å². The molecule has 0 atom stereocenters. The van der Waals surface area contributed by atoms with Gasteiger partial charge in [-0.15, -0.1) is 0 Å². The van der Waals surface area contributed by atoms with Crippen LogP contribution in [0.25, 0.3) is 0 Å². The summed E-state index contributed by atoms with van der Waals surface area (Å²) in [7, 11) is 0. The molecule has 5 heteroatoms. The summed E-state index contributed by atoms with van der Waals surface area (Å²) < 4.78 is 0. The Morgan fingerprint density at radius 1 is 1.44 bits per heavy atom. The van der Waals surface area contributed by atoms with Crippen LogP contribution in [-0.4, -0.2) is 16.5 Å². The highest BCUT2D eigenvalue weighted by Crippen LogP contribution is 2.26. The molecule has 1 heterocycles. The summed E-state index contributed by atoms with van der Waals surface area (Å²) >= 11 is 0. The van der Waals surface area contributed by atoms with Gasteiger partial charge >= 0.3 is 0 Å². The van der Waals surface area contributed by atoms with E-state index in [2.05, 4.69) is 48.4 Å². The van der Waals surface area contributed by atoms with E-state index in [9.17, 15) is 0 Å². The van der Waals surface area contributed by atoms with Gasteiger partial charge in [0.25, 0.3) is 0 Å². The van der Waals surface area contributed by atoms with E-state index in [4.69, 9.17) is 5.84 Å². The van der Waals surface area contributed by atoms with Crippen LogP contribution in [0.3, 0.4) is 0 Å². The molecule has 0 spiro atoms. The predicted octanol–water partition coefficient (Wildman–Crippen LogP) is 1.86. The first-order valence-corrected chi connectivity index (χ1v) is 5.49. The smallest absolute Gasteiger partial charge is 0.239 e. The van der Waals surface area contributed by atoms with Gasteiger partial charge in [-0.1, -0.05) is 27.7 Å². The number of hydrogen-bond donors (Lipinski definition) is 3. The van der Waals surface area contributed by atoms with E-state index in [0.29, 0.717) is 11.9 Å². The number of hydrazine groups is 1. The van der Waals surface area contributed by atoms with Crippen LogP contribution >= 0.6 is 0 Å². The highest BCUT2D eigenvalue weighted by molar-refractivity contribution is 5.38. The van der Waals surface area contributed by atoms with E-state index in [1.807, 2.05) is 6.07 Å². The van der Waals surface area contributed by atoms with Crippen molar-refractivity contribution in [2.75, 3.05) is 17.3 Å². The minimum Gasteiger partial charge on any atom is -0.369 e. The summed E-state index contributed by atoms with van der Waals surface area (Å²) in [5.74, 6) is 7.06. The fourth-order valence-electron chi connectivity index (χ4n) is 1.05. The second-order valence-electron chi connectivity index (χ2n) is 4.91. The van der Waals surface area contributed by atoms with Crippen molar-refractivity contribution in [2.24, 2.45) is 17.2 Å². The molecule has 0 bridgehead atoms. The number of hydrogen-bond acceptors (Lipinski definition) is 5. The van der Waals surface area contributed by atoms with E-state index < -0.39 is 0 Å². The zero-order valence-electron chi connectivity index (χ0n) is 10.4. The Morgan fingerprint density at radius 2 is 2.12 bits per heavy atom. The van der Waals surface area contributed by atoms with Crippen molar-refractivity contribution in [1.29, 1.82) is 0 Å². The molecule has 16 heavy (non-hydrogen) atoms. The van der Waals surface area contributed by atoms with Gasteiger partial charge in [0.15, 0.2) is 0 Å². The van der Waals surface area contributed by atoms with Gasteiger partial charge in [-0.25, -0.2) is 10.8 Å². The van der Waals surface area contributed by atoms with Crippen molar-refractivity contribution in [2.45, 2.75) is 27.7 Å². The van der Waals surface area contributed by atoms with Crippen molar-refractivity contribution in [3.05, 3.63) is 12.3 Å². The molecule has 90 valence electrons. The molecule has 0 aromatic carbocycles. The minimum atomic E-state index is 0.223. The minimum absolute atomic E-state index is 0.223. The quantitative estimate of drug-likeness (QED) is 0.524. The van der Waals surface area contributed by atoms with Crippen LogP contribution in [0, 0.1) is 11.3 Å². The van der Waals surface area contributed by atoms with Crippen LogP contribution in [0.2, 0.25) is 0 Å². The zero-order chi connectivity index (χ0) is 12.2. The van der Waals surface area contributed by atoms with E-state index in [0.717, 1.165) is 12.4 Å². The molecule has 0 aliphatic carbocycles. The summed E-state index contributed by atoms with van der Waals surface area (Å²) in [5.41, 5.74) is 2.65. The van der Waals surface area contributed by atoms with Gasteiger partial charge in [0, 0.05) is 12.7 Å². The first kappa shape index (κ1) is 12.7. The Kier molecular flexibility index (Phi) is 4.06. The van der Waals surface area contributed by atoms with Crippen LogP contribution in [0.5, 0.6) is 0 Å². The van der Waals surface area contributed by atoms with Gasteiger partial charge in [-0.2, -0.15) is 4.98 Å². The van der Waals surface area contributed by atoms with Crippen molar-refractivity contribution in [3.63, 3.8) is 0 Å². The maximum absolute atomic E-state index is 5.25. The van der Waals surface area contributed by atoms with Gasteiger partial charge in [0.2, 0.25) is 5.95 Å². The van der Waals surface area contributed by atoms with Gasteiger partial charge < -0.3 is 5.32 Å². The molecule has 0 fully saturated rings. The highest BCUT2D eigenvalue weighted by Gasteiger charge is 2.21. The monoisotopic (exact) mass is 223 g/mol. The zero-order valence-corrected chi connectivity index (χ0v) is 10.4. The number of nitrogens with one attached hydrogen (secondary N) is 2. The molecule has 0 aliphatic heterocycles. The van der Waals surface area contributed by atoms with Gasteiger partial charge in [0.1, 0.15) is 5.82 Å². The predicted molar refractivity (Wildman–Crippen MR) is 67.0 cm³/mol. The lowest BCUT2D eigenvalue weighted by atomic mass is 9.81. The lowest BCUT2D eigenvalue weighted by molar-refractivity contribution is 0.269. The van der Waals surface area contributed by atoms with Crippen LogP contribution < -0.4 is 16.6 Å². The molecule has 0 radical (unpaired) electrons. The van der Waals surface area contributed by atoms with Gasteiger partial charge in [0.05, 0.1) is 0 Å². The molecule has 4 N–H and O–H groups in total. The summed E-state index contributed by atoms with van der Waals surface area (Å²) in [6.07, 6.45) is 1.67. The van der Waals surface area contributed by atoms with Crippen molar-refractivity contribution in [1.82, 2.24) is 9.97 Å². The van der Waals surface area contributed by atoms with Crippen LogP contribution in [0.4, 0.5) is 11.8 Å². The Bertz CT molecular complexity index is 335. The molecule has 0 aliphatic rings. The summed E-state index contributed by atoms with van der Waals surface area (Å²) in [5, 5.41) is 3.29. The van der Waals surface area contributed by atoms with Crippen LogP contribution in [0.1, 0.15) is 27.7 Å². The van der Waals surface area contributed by atoms with Crippen molar-refractivity contribution >= 4 is 11.8 Å². The molecule has 1 aromatic heterocycles. The molecule has 0 saturated carbocycles. The van der Waals surface area contributed by atoms with Gasteiger partial charge in [-0.3, -0.25) is 5.43 Å². The van der Waals surface area contributed by atoms with E-state index in [1.165, 1.54) is 0 Å². The third kappa shape index (κ3) is 3.34. The van der Waals surface area contributed by atoms with Crippen LogP contribution in [0.15, 0.2) is 12.3 Å². The molecule has 0 unspecified atom stereocenters. The third-order valence-electron chi connectivity index (χ3n) is 3.07. The Morgan fingerprint density at radius 3 is 2.69 bits per heavy atom. The highest BCUT2D eigenvalue weighted by atomic mass is 15.3. The maximum atomic E-state index is 5.25. The first-order valence-electron chi connectivity index (χ1n) is 5.49. The Labute approximate surface area is 96.8 Å². The summed E-state index contributed by atoms with van der Waals surface area (Å²) in [4.78, 5) is 8.15. The number of nitrogens with two attached hydrogens (primary N) is 1. The van der Waals surface area contributed by atoms with Crippen molar-refractivity contribution in [3.8, 4) is 0 Å². The van der Waals surface area contributed by atoms with Crippen molar-refractivity contribution < 1.29 is 0 Å². The normalized spacial score (nSPS) is 11.6. The summed E-state index contributed by atoms with van der Waals surface area (Å²) in [6, 6.07) is 1.83. The van der Waals surface area contributed by atoms with Crippen LogP contribution in [-0.2, 0) is 0 Å². The first-order chi connectivity index (χ1) is 7.45. The fraction of sp³-hybridized carbons (Fsp3) is 0.636. The number of nitrogens with zero attached hydrogens (tertiary/aromatic N) is 2. The lowest BCUT2D eigenvalue weighted by Gasteiger charge is -2.29. The average molecular weight is 223 g/mol. The number of aromatic nitrogens is 2. The second-order valence-corrected chi connectivity index (χ2v) is 4.91. The molecule has 1 aromatic rings. The average Bonchev–Trinajstić information content (AvgIpc) is 2.26. The van der Waals surface area contributed by atoms with E-state index >= 15 is 0 Å². The summed E-state index contributed by atoms with van der Waals surface area (Å²) in [6.45, 7) is 9.76. The third-order valence-corrected chi connectivity index (χ3v) is 3.07. The number of nitrogen functional groups attached to an aromatic ring is 1. The largest absolute Gasteiger partial charge is 0.369 e. The standard InChI is InChI=1S/C11H21N5/c1-8(2)11(3,4)7-14-9-5-6-13-10(15-9)16-12/h5-6,8H,7,12H2,1-4H3,(H2,13,14,15,16). The SMILES string of the molecule is CC(C)C(C)(C)CNc1ccnc(NN)n1. The fourth-order valence-corrected chi connectivity index (χ4v) is 1.05.